The van der Waals surface area contributed by atoms with Crippen LogP contribution in [0.2, 0.25) is 0 Å². The Hall–Kier alpha value is -3.80. The van der Waals surface area contributed by atoms with Crippen molar-refractivity contribution >= 4 is 29.0 Å². The Kier molecular flexibility index (Phi) is 6.92. The van der Waals surface area contributed by atoms with E-state index in [0.717, 1.165) is 11.8 Å². The maximum Gasteiger partial charge on any atom is 0.271 e. The summed E-state index contributed by atoms with van der Waals surface area (Å²) in [6.07, 6.45) is 0. The average Bonchev–Trinajstić information content (AvgIpc) is 3.26. The number of amides is 1. The van der Waals surface area contributed by atoms with E-state index >= 15 is 0 Å². The molecular weight excluding hydrogens is 426 g/mol. The molecule has 0 saturated heterocycles. The van der Waals surface area contributed by atoms with E-state index in [2.05, 4.69) is 20.5 Å². The molecule has 0 aliphatic heterocycles. The van der Waals surface area contributed by atoms with E-state index in [1.165, 1.54) is 25.3 Å². The molecule has 12 heteroatoms. The van der Waals surface area contributed by atoms with E-state index in [4.69, 9.17) is 14.2 Å². The number of ether oxygens (including phenoxy) is 3. The first-order valence-electron chi connectivity index (χ1n) is 8.84. The van der Waals surface area contributed by atoms with Crippen LogP contribution in [0.15, 0.2) is 41.6 Å². The van der Waals surface area contributed by atoms with Crippen molar-refractivity contribution in [3.05, 3.63) is 46.5 Å². The predicted molar refractivity (Wildman–Crippen MR) is 114 cm³/mol. The van der Waals surface area contributed by atoms with Gasteiger partial charge in [0, 0.05) is 23.8 Å². The first-order chi connectivity index (χ1) is 14.9. The van der Waals surface area contributed by atoms with Crippen LogP contribution in [0.4, 0.5) is 11.4 Å². The van der Waals surface area contributed by atoms with Gasteiger partial charge in [0.15, 0.2) is 5.82 Å². The summed E-state index contributed by atoms with van der Waals surface area (Å²) in [6.45, 7) is 0. The van der Waals surface area contributed by atoms with Gasteiger partial charge in [0.1, 0.15) is 17.2 Å². The highest BCUT2D eigenvalue weighted by Gasteiger charge is 2.15. The first kappa shape index (κ1) is 21.9. The van der Waals surface area contributed by atoms with Gasteiger partial charge in [-0.25, -0.2) is 4.98 Å². The number of H-pyrrole nitrogens is 1. The molecule has 2 aromatic carbocycles. The third-order valence-electron chi connectivity index (χ3n) is 4.09. The maximum atomic E-state index is 12.3. The lowest BCUT2D eigenvalue weighted by Gasteiger charge is -2.09. The topological polar surface area (TPSA) is 142 Å². The molecule has 0 aliphatic rings. The number of methoxy groups -OCH3 is 3. The van der Waals surface area contributed by atoms with E-state index in [-0.39, 0.29) is 17.1 Å². The summed E-state index contributed by atoms with van der Waals surface area (Å²) < 4.78 is 15.6. The molecule has 162 valence electrons. The van der Waals surface area contributed by atoms with Gasteiger partial charge in [0.25, 0.3) is 5.69 Å². The fraction of sp³-hybridized carbons (Fsp3) is 0.211. The average molecular weight is 445 g/mol. The van der Waals surface area contributed by atoms with Crippen molar-refractivity contribution in [2.75, 3.05) is 32.4 Å². The van der Waals surface area contributed by atoms with Gasteiger partial charge in [0.05, 0.1) is 37.7 Å². The first-order valence-corrected chi connectivity index (χ1v) is 9.83. The highest BCUT2D eigenvalue weighted by Crippen LogP contribution is 2.30. The molecule has 11 nitrogen and oxygen atoms in total. The monoisotopic (exact) mass is 445 g/mol. The largest absolute Gasteiger partial charge is 0.497 e. The van der Waals surface area contributed by atoms with Gasteiger partial charge in [-0.2, -0.15) is 0 Å². The Bertz CT molecular complexity index is 1080. The SMILES string of the molecule is COc1cc(OC)cc(-c2nc(SCC(=O)Nc3cc([N+](=O)[O-])ccc3OC)n[nH]2)c1. The van der Waals surface area contributed by atoms with Crippen molar-refractivity contribution in [3.63, 3.8) is 0 Å². The molecule has 31 heavy (non-hydrogen) atoms. The van der Waals surface area contributed by atoms with Gasteiger partial charge in [-0.1, -0.05) is 11.8 Å². The number of hydrogen-bond donors (Lipinski definition) is 2. The molecule has 2 N–H and O–H groups in total. The second-order valence-corrected chi connectivity index (χ2v) is 6.99. The lowest BCUT2D eigenvalue weighted by molar-refractivity contribution is -0.384. The molecule has 1 amide bonds. The van der Waals surface area contributed by atoms with E-state index in [9.17, 15) is 14.9 Å². The number of carbonyl (C=O) groups excluding carboxylic acids is 1. The molecule has 0 spiro atoms. The number of aromatic amines is 1. The quantitative estimate of drug-likeness (QED) is 0.288. The number of non-ortho nitro benzene ring substituents is 1. The minimum Gasteiger partial charge on any atom is -0.497 e. The summed E-state index contributed by atoms with van der Waals surface area (Å²) in [5.41, 5.74) is 0.763. The van der Waals surface area contributed by atoms with Gasteiger partial charge >= 0.3 is 0 Å². The number of nitro benzene ring substituents is 1. The van der Waals surface area contributed by atoms with Crippen molar-refractivity contribution < 1.29 is 23.9 Å². The van der Waals surface area contributed by atoms with Gasteiger partial charge in [-0.15, -0.1) is 5.10 Å². The molecule has 0 aliphatic carbocycles. The van der Waals surface area contributed by atoms with Crippen molar-refractivity contribution in [1.29, 1.82) is 0 Å². The Morgan fingerprint density at radius 1 is 1.13 bits per heavy atom. The maximum absolute atomic E-state index is 12.3. The molecule has 0 saturated carbocycles. The normalized spacial score (nSPS) is 10.4. The van der Waals surface area contributed by atoms with Gasteiger partial charge in [-0.3, -0.25) is 20.0 Å². The van der Waals surface area contributed by atoms with Gasteiger partial charge < -0.3 is 19.5 Å². The summed E-state index contributed by atoms with van der Waals surface area (Å²) >= 11 is 1.10. The molecule has 3 rings (SSSR count). The molecule has 3 aromatic rings. The lowest BCUT2D eigenvalue weighted by atomic mass is 10.2. The summed E-state index contributed by atoms with van der Waals surface area (Å²) in [5.74, 6) is 1.61. The zero-order valence-corrected chi connectivity index (χ0v) is 17.7. The number of rotatable bonds is 9. The third kappa shape index (κ3) is 5.42. The van der Waals surface area contributed by atoms with Crippen LogP contribution in [0.3, 0.4) is 0 Å². The minimum atomic E-state index is -0.549. The zero-order chi connectivity index (χ0) is 22.4. The molecule has 1 heterocycles. The van der Waals surface area contributed by atoms with Crippen LogP contribution < -0.4 is 19.5 Å². The summed E-state index contributed by atoms with van der Waals surface area (Å²) in [6, 6.07) is 9.25. The molecular formula is C19H19N5O6S. The Morgan fingerprint density at radius 2 is 1.84 bits per heavy atom. The second-order valence-electron chi connectivity index (χ2n) is 6.05. The molecule has 1 aromatic heterocycles. The molecule has 0 unspecified atom stereocenters. The van der Waals surface area contributed by atoms with Crippen LogP contribution in [0.5, 0.6) is 17.2 Å². The number of nitrogens with zero attached hydrogens (tertiary/aromatic N) is 3. The number of nitro groups is 1. The Balaban J connectivity index is 1.67. The van der Waals surface area contributed by atoms with Crippen molar-refractivity contribution in [1.82, 2.24) is 15.2 Å². The number of thioether (sulfide) groups is 1. The fourth-order valence-corrected chi connectivity index (χ4v) is 3.21. The van der Waals surface area contributed by atoms with Crippen molar-refractivity contribution in [2.45, 2.75) is 5.16 Å². The second kappa shape index (κ2) is 9.80. The summed E-state index contributed by atoms with van der Waals surface area (Å²) in [4.78, 5) is 27.1. The van der Waals surface area contributed by atoms with Crippen LogP contribution in [-0.4, -0.2) is 53.1 Å². The molecule has 0 radical (unpaired) electrons. The number of nitrogens with one attached hydrogen (secondary N) is 2. The van der Waals surface area contributed by atoms with E-state index in [1.807, 2.05) is 0 Å². The highest BCUT2D eigenvalue weighted by molar-refractivity contribution is 7.99. The third-order valence-corrected chi connectivity index (χ3v) is 4.94. The van der Waals surface area contributed by atoms with E-state index in [1.54, 1.807) is 32.4 Å². The highest BCUT2D eigenvalue weighted by atomic mass is 32.2. The number of carbonyl (C=O) groups is 1. The Labute approximate surface area is 181 Å². The van der Waals surface area contributed by atoms with Crippen molar-refractivity contribution in [2.24, 2.45) is 0 Å². The van der Waals surface area contributed by atoms with Crippen molar-refractivity contribution in [3.8, 4) is 28.6 Å². The number of hydrogen-bond acceptors (Lipinski definition) is 9. The minimum absolute atomic E-state index is 0.00935. The summed E-state index contributed by atoms with van der Waals surface area (Å²) in [5, 5.41) is 20.8. The molecule has 0 atom stereocenters. The smallest absolute Gasteiger partial charge is 0.271 e. The Morgan fingerprint density at radius 3 is 2.45 bits per heavy atom. The lowest BCUT2D eigenvalue weighted by Crippen LogP contribution is -2.15. The predicted octanol–water partition coefficient (Wildman–Crippen LogP) is 3.14. The number of anilines is 1. The number of aromatic nitrogens is 3. The van der Waals surface area contributed by atoms with Crippen LogP contribution in [-0.2, 0) is 4.79 Å². The molecule has 0 bridgehead atoms. The van der Waals surface area contributed by atoms with Crippen LogP contribution in [0, 0.1) is 10.1 Å². The number of benzene rings is 2. The van der Waals surface area contributed by atoms with Gasteiger partial charge in [-0.05, 0) is 18.2 Å². The van der Waals surface area contributed by atoms with E-state index in [0.29, 0.717) is 33.8 Å². The van der Waals surface area contributed by atoms with Crippen LogP contribution in [0.25, 0.3) is 11.4 Å². The van der Waals surface area contributed by atoms with Crippen LogP contribution >= 0.6 is 11.8 Å². The van der Waals surface area contributed by atoms with Crippen LogP contribution in [0.1, 0.15) is 0 Å². The van der Waals surface area contributed by atoms with Gasteiger partial charge in [0.2, 0.25) is 11.1 Å². The standard InChI is InChI=1S/C19H19N5O6S/c1-28-13-6-11(7-14(9-13)29-2)18-21-19(23-22-18)31-10-17(25)20-15-8-12(24(26)27)4-5-16(15)30-3/h4-9H,10H2,1-3H3,(H,20,25)(H,21,22,23). The van der Waals surface area contributed by atoms with E-state index < -0.39 is 10.8 Å². The molecule has 0 fully saturated rings. The zero-order valence-electron chi connectivity index (χ0n) is 16.9. The fourth-order valence-electron chi connectivity index (χ4n) is 2.61. The summed E-state index contributed by atoms with van der Waals surface area (Å²) in [7, 11) is 4.51.